The number of fused-ring (bicyclic) bond motifs is 1. The summed E-state index contributed by atoms with van der Waals surface area (Å²) >= 11 is 1.64. The Hall–Kier alpha value is -1.40. The highest BCUT2D eigenvalue weighted by molar-refractivity contribution is 7.16. The Bertz CT molecular complexity index is 523. The average Bonchev–Trinajstić information content (AvgIpc) is 2.85. The molecule has 0 aliphatic rings. The van der Waals surface area contributed by atoms with Gasteiger partial charge < -0.3 is 15.5 Å². The van der Waals surface area contributed by atoms with E-state index < -0.39 is 0 Å². The summed E-state index contributed by atoms with van der Waals surface area (Å²) in [5.74, 6) is 1.60. The van der Waals surface area contributed by atoms with Crippen molar-refractivity contribution in [3.05, 3.63) is 11.4 Å². The van der Waals surface area contributed by atoms with Crippen LogP contribution in [0.3, 0.4) is 0 Å². The monoisotopic (exact) mass is 279 g/mol. The smallest absolute Gasteiger partial charge is 0.225 e. The average molecular weight is 279 g/mol. The molecule has 0 amide bonds. The van der Waals surface area contributed by atoms with Crippen LogP contribution in [0, 0.1) is 0 Å². The number of anilines is 2. The largest absolute Gasteiger partial charge is 0.369 e. The zero-order chi connectivity index (χ0) is 13.7. The summed E-state index contributed by atoms with van der Waals surface area (Å²) in [7, 11) is 6.05. The molecule has 0 unspecified atom stereocenters. The van der Waals surface area contributed by atoms with Gasteiger partial charge in [0.05, 0.1) is 5.39 Å². The first-order chi connectivity index (χ1) is 9.20. The molecule has 0 aliphatic heterocycles. The predicted molar refractivity (Wildman–Crippen MR) is 83.2 cm³/mol. The zero-order valence-corrected chi connectivity index (χ0v) is 12.5. The quantitative estimate of drug-likeness (QED) is 0.763. The first-order valence-electron chi connectivity index (χ1n) is 6.52. The topological polar surface area (TPSA) is 53.1 Å². The van der Waals surface area contributed by atoms with Crippen molar-refractivity contribution in [2.75, 3.05) is 44.9 Å². The maximum atomic E-state index is 4.49. The molecule has 2 heterocycles. The van der Waals surface area contributed by atoms with E-state index in [4.69, 9.17) is 0 Å². The van der Waals surface area contributed by atoms with Crippen LogP contribution in [0.5, 0.6) is 0 Å². The van der Waals surface area contributed by atoms with E-state index in [1.54, 1.807) is 11.3 Å². The number of hydrogen-bond donors (Lipinski definition) is 2. The molecule has 0 saturated carbocycles. The minimum Gasteiger partial charge on any atom is -0.369 e. The van der Waals surface area contributed by atoms with Crippen LogP contribution in [-0.2, 0) is 0 Å². The molecule has 6 heteroatoms. The zero-order valence-electron chi connectivity index (χ0n) is 11.7. The molecule has 0 atom stereocenters. The van der Waals surface area contributed by atoms with Crippen LogP contribution in [-0.4, -0.2) is 49.1 Å². The van der Waals surface area contributed by atoms with Crippen molar-refractivity contribution in [1.82, 2.24) is 14.9 Å². The molecule has 2 aromatic heterocycles. The lowest BCUT2D eigenvalue weighted by atomic mass is 10.3. The van der Waals surface area contributed by atoms with E-state index in [-0.39, 0.29) is 0 Å². The summed E-state index contributed by atoms with van der Waals surface area (Å²) in [6.07, 6.45) is 2.33. The molecule has 0 aliphatic carbocycles. The molecule has 0 radical (unpaired) electrons. The van der Waals surface area contributed by atoms with Gasteiger partial charge in [-0.3, -0.25) is 0 Å². The number of nitrogens with one attached hydrogen (secondary N) is 2. The summed E-state index contributed by atoms with van der Waals surface area (Å²) in [6.45, 7) is 2.07. The van der Waals surface area contributed by atoms with Gasteiger partial charge in [-0.25, -0.2) is 4.98 Å². The third-order valence-corrected chi connectivity index (χ3v) is 3.68. The first-order valence-corrected chi connectivity index (χ1v) is 7.40. The summed E-state index contributed by atoms with van der Waals surface area (Å²) in [6, 6.07) is 2.07. The third kappa shape index (κ3) is 3.78. The van der Waals surface area contributed by atoms with E-state index >= 15 is 0 Å². The maximum absolute atomic E-state index is 4.49. The van der Waals surface area contributed by atoms with Crippen molar-refractivity contribution in [2.45, 2.75) is 12.8 Å². The van der Waals surface area contributed by atoms with E-state index in [0.29, 0.717) is 5.95 Å². The minimum absolute atomic E-state index is 0.672. The van der Waals surface area contributed by atoms with Gasteiger partial charge in [0.1, 0.15) is 10.6 Å². The van der Waals surface area contributed by atoms with Crippen LogP contribution in [0.15, 0.2) is 11.4 Å². The van der Waals surface area contributed by atoms with Gasteiger partial charge in [-0.05, 0) is 44.9 Å². The van der Waals surface area contributed by atoms with E-state index in [1.807, 2.05) is 7.05 Å². The van der Waals surface area contributed by atoms with Crippen molar-refractivity contribution in [2.24, 2.45) is 0 Å². The van der Waals surface area contributed by atoms with Gasteiger partial charge in [0, 0.05) is 13.6 Å². The Morgan fingerprint density at radius 1 is 1.26 bits per heavy atom. The van der Waals surface area contributed by atoms with Gasteiger partial charge in [-0.15, -0.1) is 11.3 Å². The van der Waals surface area contributed by atoms with Crippen LogP contribution in [0.1, 0.15) is 12.8 Å². The highest BCUT2D eigenvalue weighted by Crippen LogP contribution is 2.26. The second-order valence-electron chi connectivity index (χ2n) is 4.72. The van der Waals surface area contributed by atoms with E-state index in [2.05, 4.69) is 51.0 Å². The Balaban J connectivity index is 1.97. The van der Waals surface area contributed by atoms with Crippen LogP contribution in [0.2, 0.25) is 0 Å². The van der Waals surface area contributed by atoms with Crippen molar-refractivity contribution >= 4 is 33.3 Å². The van der Waals surface area contributed by atoms with Crippen LogP contribution in [0.4, 0.5) is 11.8 Å². The molecular weight excluding hydrogens is 258 g/mol. The molecule has 0 spiro atoms. The molecule has 0 bridgehead atoms. The molecule has 2 aromatic rings. The number of rotatable bonds is 7. The summed E-state index contributed by atoms with van der Waals surface area (Å²) in [5.41, 5.74) is 0. The Labute approximate surface area is 118 Å². The molecular formula is C13H21N5S. The van der Waals surface area contributed by atoms with Crippen LogP contribution >= 0.6 is 11.3 Å². The second-order valence-corrected chi connectivity index (χ2v) is 5.62. The maximum Gasteiger partial charge on any atom is 0.225 e. The van der Waals surface area contributed by atoms with Gasteiger partial charge in [0.25, 0.3) is 0 Å². The molecule has 104 valence electrons. The van der Waals surface area contributed by atoms with Gasteiger partial charge >= 0.3 is 0 Å². The number of thiophene rings is 1. The van der Waals surface area contributed by atoms with Crippen LogP contribution < -0.4 is 10.6 Å². The normalized spacial score (nSPS) is 11.2. The van der Waals surface area contributed by atoms with Gasteiger partial charge in [-0.1, -0.05) is 0 Å². The van der Waals surface area contributed by atoms with Gasteiger partial charge in [0.2, 0.25) is 5.95 Å². The fourth-order valence-corrected chi connectivity index (χ4v) is 2.63. The molecule has 0 aromatic carbocycles. The van der Waals surface area contributed by atoms with Crippen molar-refractivity contribution < 1.29 is 0 Å². The first kappa shape index (κ1) is 14.0. The molecule has 2 rings (SSSR count). The third-order valence-electron chi connectivity index (χ3n) is 2.87. The molecule has 2 N–H and O–H groups in total. The Morgan fingerprint density at radius 3 is 2.84 bits per heavy atom. The Kier molecular flexibility index (Phi) is 4.93. The molecule has 0 fully saturated rings. The number of unbranched alkanes of at least 4 members (excludes halogenated alkanes) is 1. The number of hydrogen-bond acceptors (Lipinski definition) is 6. The predicted octanol–water partition coefficient (Wildman–Crippen LogP) is 2.49. The highest BCUT2D eigenvalue weighted by Gasteiger charge is 2.07. The summed E-state index contributed by atoms with van der Waals surface area (Å²) in [5, 5.41) is 9.58. The molecule has 19 heavy (non-hydrogen) atoms. The molecule has 0 saturated heterocycles. The second kappa shape index (κ2) is 6.68. The lowest BCUT2D eigenvalue weighted by molar-refractivity contribution is 0.396. The fraction of sp³-hybridized carbons (Fsp3) is 0.538. The van der Waals surface area contributed by atoms with Gasteiger partial charge in [0.15, 0.2) is 0 Å². The Morgan fingerprint density at radius 2 is 2.11 bits per heavy atom. The summed E-state index contributed by atoms with van der Waals surface area (Å²) in [4.78, 5) is 12.2. The summed E-state index contributed by atoms with van der Waals surface area (Å²) < 4.78 is 0. The van der Waals surface area contributed by atoms with E-state index in [0.717, 1.165) is 35.5 Å². The highest BCUT2D eigenvalue weighted by atomic mass is 32.1. The van der Waals surface area contributed by atoms with Gasteiger partial charge in [-0.2, -0.15) is 4.98 Å². The number of nitrogens with zero attached hydrogens (tertiary/aromatic N) is 3. The lowest BCUT2D eigenvalue weighted by Crippen LogP contribution is -2.14. The molecule has 5 nitrogen and oxygen atoms in total. The standard InChI is InChI=1S/C13H21N5S/c1-14-13-16-11(10-6-9-19-12(10)17-13)15-7-4-5-8-18(2)3/h6,9H,4-5,7-8H2,1-3H3,(H2,14,15,16,17). The van der Waals surface area contributed by atoms with E-state index in [1.165, 1.54) is 6.42 Å². The number of aromatic nitrogens is 2. The lowest BCUT2D eigenvalue weighted by Gasteiger charge is -2.10. The van der Waals surface area contributed by atoms with E-state index in [9.17, 15) is 0 Å². The van der Waals surface area contributed by atoms with Crippen molar-refractivity contribution in [1.29, 1.82) is 0 Å². The fourth-order valence-electron chi connectivity index (χ4n) is 1.86. The van der Waals surface area contributed by atoms with Crippen molar-refractivity contribution in [3.63, 3.8) is 0 Å². The SMILES string of the molecule is CNc1nc(NCCCCN(C)C)c2ccsc2n1. The van der Waals surface area contributed by atoms with Crippen molar-refractivity contribution in [3.8, 4) is 0 Å². The van der Waals surface area contributed by atoms with Crippen LogP contribution in [0.25, 0.3) is 10.2 Å². The minimum atomic E-state index is 0.672.